The van der Waals surface area contributed by atoms with Gasteiger partial charge in [0.05, 0.1) is 14.2 Å². The summed E-state index contributed by atoms with van der Waals surface area (Å²) in [6, 6.07) is 3.62. The molecule has 0 atom stereocenters. The van der Waals surface area contributed by atoms with E-state index in [0.717, 1.165) is 46.9 Å². The Morgan fingerprint density at radius 1 is 1.29 bits per heavy atom. The molecule has 24 heavy (non-hydrogen) atoms. The number of esters is 1. The highest BCUT2D eigenvalue weighted by atomic mass is 79.9. The molecule has 0 aliphatic carbocycles. The van der Waals surface area contributed by atoms with Crippen LogP contribution in [0.25, 0.3) is 0 Å². The first kappa shape index (κ1) is 19.0. The van der Waals surface area contributed by atoms with Crippen LogP contribution in [0.1, 0.15) is 25.3 Å². The van der Waals surface area contributed by atoms with Crippen molar-refractivity contribution in [3.8, 4) is 11.5 Å². The number of benzene rings is 1. The lowest BCUT2D eigenvalue weighted by Crippen LogP contribution is -2.37. The Morgan fingerprint density at radius 2 is 1.96 bits per heavy atom. The number of methoxy groups -OCH3 is 2. The molecule has 0 spiro atoms. The summed E-state index contributed by atoms with van der Waals surface area (Å²) in [6.07, 6.45) is 2.30. The molecule has 5 nitrogen and oxygen atoms in total. The van der Waals surface area contributed by atoms with E-state index in [1.807, 2.05) is 6.07 Å². The van der Waals surface area contributed by atoms with Crippen LogP contribution in [0, 0.1) is 5.92 Å². The fourth-order valence-corrected chi connectivity index (χ4v) is 3.54. The van der Waals surface area contributed by atoms with Crippen LogP contribution in [0.5, 0.6) is 11.5 Å². The van der Waals surface area contributed by atoms with E-state index in [4.69, 9.17) is 21.7 Å². The summed E-state index contributed by atoms with van der Waals surface area (Å²) in [5.41, 5.74) is 0.891. The van der Waals surface area contributed by atoms with Crippen LogP contribution in [-0.2, 0) is 9.53 Å². The van der Waals surface area contributed by atoms with E-state index in [0.29, 0.717) is 11.5 Å². The number of nitrogens with zero attached hydrogens (tertiary/aromatic N) is 1. The molecule has 0 saturated carbocycles. The predicted molar refractivity (Wildman–Crippen MR) is 99.9 cm³/mol. The van der Waals surface area contributed by atoms with E-state index in [1.54, 1.807) is 13.2 Å². The molecule has 1 fully saturated rings. The average molecular weight is 416 g/mol. The van der Waals surface area contributed by atoms with Gasteiger partial charge >= 0.3 is 5.97 Å². The molecule has 1 aliphatic heterocycles. The highest BCUT2D eigenvalue weighted by molar-refractivity contribution is 9.10. The van der Waals surface area contributed by atoms with E-state index in [9.17, 15) is 4.79 Å². The zero-order valence-electron chi connectivity index (χ0n) is 14.1. The van der Waals surface area contributed by atoms with Gasteiger partial charge in [0, 0.05) is 23.1 Å². The smallest absolute Gasteiger partial charge is 0.343 e. The highest BCUT2D eigenvalue weighted by Gasteiger charge is 2.22. The highest BCUT2D eigenvalue weighted by Crippen LogP contribution is 2.35. The van der Waals surface area contributed by atoms with Crippen LogP contribution in [-0.4, -0.2) is 49.8 Å². The Labute approximate surface area is 156 Å². The number of carbonyl (C=O) groups is 1. The SMILES string of the molecule is COC(=O)COc1cc(Br)c(C(=S)N2CCC(C)CC2)cc1OC. The molecule has 0 radical (unpaired) electrons. The third-order valence-corrected chi connectivity index (χ3v) is 5.26. The van der Waals surface area contributed by atoms with E-state index < -0.39 is 5.97 Å². The Balaban J connectivity index is 2.19. The number of hydrogen-bond acceptors (Lipinski definition) is 5. The standard InChI is InChI=1S/C17H22BrNO4S/c1-11-4-6-19(7-5-11)17(24)12-8-14(21-2)15(9-13(12)18)23-10-16(20)22-3/h8-9,11H,4-7,10H2,1-3H3. The van der Waals surface area contributed by atoms with Gasteiger partial charge in [-0.2, -0.15) is 0 Å². The number of piperidine rings is 1. The van der Waals surface area contributed by atoms with E-state index in [1.165, 1.54) is 7.11 Å². The zero-order valence-corrected chi connectivity index (χ0v) is 16.5. The Hall–Kier alpha value is -1.34. The number of hydrogen-bond donors (Lipinski definition) is 0. The molecular formula is C17H22BrNO4S. The Bertz CT molecular complexity index is 615. The summed E-state index contributed by atoms with van der Waals surface area (Å²) < 4.78 is 16.2. The molecular weight excluding hydrogens is 394 g/mol. The number of likely N-dealkylation sites (tertiary alicyclic amines) is 1. The van der Waals surface area contributed by atoms with Crippen molar-refractivity contribution in [1.82, 2.24) is 4.90 Å². The molecule has 1 aliphatic rings. The normalized spacial score (nSPS) is 15.1. The van der Waals surface area contributed by atoms with Crippen LogP contribution >= 0.6 is 28.1 Å². The fourth-order valence-electron chi connectivity index (χ4n) is 2.55. The van der Waals surface area contributed by atoms with Gasteiger partial charge in [-0.25, -0.2) is 4.79 Å². The average Bonchev–Trinajstić information content (AvgIpc) is 2.59. The quantitative estimate of drug-likeness (QED) is 0.542. The van der Waals surface area contributed by atoms with Crippen molar-refractivity contribution in [3.05, 3.63) is 22.2 Å². The van der Waals surface area contributed by atoms with Gasteiger partial charge in [0.25, 0.3) is 0 Å². The van der Waals surface area contributed by atoms with E-state index >= 15 is 0 Å². The molecule has 132 valence electrons. The number of carbonyl (C=O) groups excluding carboxylic acids is 1. The maximum Gasteiger partial charge on any atom is 0.343 e. The first-order valence-corrected chi connectivity index (χ1v) is 9.02. The lowest BCUT2D eigenvalue weighted by Gasteiger charge is -2.32. The third kappa shape index (κ3) is 4.60. The molecule has 1 heterocycles. The van der Waals surface area contributed by atoms with Gasteiger partial charge < -0.3 is 19.1 Å². The minimum atomic E-state index is -0.449. The van der Waals surface area contributed by atoms with Gasteiger partial charge in [-0.15, -0.1) is 0 Å². The Morgan fingerprint density at radius 3 is 2.54 bits per heavy atom. The van der Waals surface area contributed by atoms with Crippen LogP contribution < -0.4 is 9.47 Å². The second-order valence-corrected chi connectivity index (χ2v) is 7.06. The Kier molecular flexibility index (Phi) is 6.86. The minimum absolute atomic E-state index is 0.174. The first-order valence-electron chi connectivity index (χ1n) is 7.82. The minimum Gasteiger partial charge on any atom is -0.493 e. The molecule has 7 heteroatoms. The van der Waals surface area contributed by atoms with Crippen LogP contribution in [0.4, 0.5) is 0 Å². The third-order valence-electron chi connectivity index (χ3n) is 4.13. The van der Waals surface area contributed by atoms with Crippen molar-refractivity contribution in [3.63, 3.8) is 0 Å². The maximum atomic E-state index is 11.3. The first-order chi connectivity index (χ1) is 11.5. The van der Waals surface area contributed by atoms with Crippen molar-refractivity contribution in [2.75, 3.05) is 33.9 Å². The van der Waals surface area contributed by atoms with Gasteiger partial charge in [-0.3, -0.25) is 0 Å². The number of ether oxygens (including phenoxy) is 3. The topological polar surface area (TPSA) is 48.0 Å². The summed E-state index contributed by atoms with van der Waals surface area (Å²) in [5, 5.41) is 0. The molecule has 0 unspecified atom stereocenters. The molecule has 0 aromatic heterocycles. The van der Waals surface area contributed by atoms with Crippen LogP contribution in [0.3, 0.4) is 0 Å². The monoisotopic (exact) mass is 415 g/mol. The summed E-state index contributed by atoms with van der Waals surface area (Å²) in [4.78, 5) is 14.3. The number of thiocarbonyl (C=S) groups is 1. The molecule has 0 amide bonds. The van der Waals surface area contributed by atoms with Gasteiger partial charge in [0.2, 0.25) is 0 Å². The summed E-state index contributed by atoms with van der Waals surface area (Å²) >= 11 is 9.22. The van der Waals surface area contributed by atoms with Crippen molar-refractivity contribution in [1.29, 1.82) is 0 Å². The second-order valence-electron chi connectivity index (χ2n) is 5.82. The van der Waals surface area contributed by atoms with Gasteiger partial charge in [-0.05, 0) is 46.8 Å². The maximum absolute atomic E-state index is 11.3. The number of halogens is 1. The van der Waals surface area contributed by atoms with Crippen molar-refractivity contribution < 1.29 is 19.0 Å². The van der Waals surface area contributed by atoms with Gasteiger partial charge in [-0.1, -0.05) is 19.1 Å². The molecule has 0 N–H and O–H groups in total. The summed E-state index contributed by atoms with van der Waals surface area (Å²) in [7, 11) is 2.88. The lowest BCUT2D eigenvalue weighted by molar-refractivity contribution is -0.142. The second kappa shape index (κ2) is 8.67. The predicted octanol–water partition coefficient (Wildman–Crippen LogP) is 3.42. The molecule has 1 aromatic rings. The van der Waals surface area contributed by atoms with Crippen LogP contribution in [0.2, 0.25) is 0 Å². The van der Waals surface area contributed by atoms with E-state index in [2.05, 4.69) is 32.5 Å². The fraction of sp³-hybridized carbons (Fsp3) is 0.529. The summed E-state index contributed by atoms with van der Waals surface area (Å²) in [5.74, 6) is 1.30. The zero-order chi connectivity index (χ0) is 17.7. The van der Waals surface area contributed by atoms with Crippen molar-refractivity contribution in [2.24, 2.45) is 5.92 Å². The van der Waals surface area contributed by atoms with Gasteiger partial charge in [0.1, 0.15) is 4.99 Å². The summed E-state index contributed by atoms with van der Waals surface area (Å²) in [6.45, 7) is 4.03. The molecule has 1 aromatic carbocycles. The lowest BCUT2D eigenvalue weighted by atomic mass is 9.99. The number of rotatable bonds is 5. The van der Waals surface area contributed by atoms with Crippen molar-refractivity contribution in [2.45, 2.75) is 19.8 Å². The van der Waals surface area contributed by atoms with Crippen molar-refractivity contribution >= 4 is 39.1 Å². The van der Waals surface area contributed by atoms with Crippen LogP contribution in [0.15, 0.2) is 16.6 Å². The molecule has 1 saturated heterocycles. The molecule has 2 rings (SSSR count). The largest absolute Gasteiger partial charge is 0.493 e. The van der Waals surface area contributed by atoms with E-state index in [-0.39, 0.29) is 6.61 Å². The van der Waals surface area contributed by atoms with Gasteiger partial charge in [0.15, 0.2) is 18.1 Å². The molecule has 0 bridgehead atoms.